The maximum absolute atomic E-state index is 12.8. The summed E-state index contributed by atoms with van der Waals surface area (Å²) in [7, 11) is 1.71. The van der Waals surface area contributed by atoms with Crippen molar-refractivity contribution in [2.45, 2.75) is 39.2 Å². The van der Waals surface area contributed by atoms with Crippen LogP contribution >= 0.6 is 0 Å². The molecule has 0 bridgehead atoms. The number of anilines is 1. The number of carbonyl (C=O) groups excluding carboxylic acids is 1. The zero-order valence-corrected chi connectivity index (χ0v) is 19.0. The van der Waals surface area contributed by atoms with Crippen LogP contribution in [0.4, 0.5) is 5.69 Å². The van der Waals surface area contributed by atoms with E-state index in [9.17, 15) is 4.79 Å². The van der Waals surface area contributed by atoms with E-state index in [1.807, 2.05) is 12.1 Å². The standard InChI is InChI=1S/C26H34N2O3/c1-18-6-5-9-26(2)16-24-21(15-23(18)26)22(25(29)31-24)17-27-10-12-28(13-11-27)19-7-4-8-20(14-19)30-3/h4,6-8,14-15,21-22,24H,5,9-13,16-17H2,1-3H3/t21-,22?,24-,26-/m1/s1. The van der Waals surface area contributed by atoms with Crippen LogP contribution in [0.25, 0.3) is 0 Å². The number of carbonyl (C=O) groups is 1. The molecule has 5 nitrogen and oxygen atoms in total. The Morgan fingerprint density at radius 2 is 2.03 bits per heavy atom. The first kappa shape index (κ1) is 20.6. The molecule has 2 saturated heterocycles. The zero-order valence-electron chi connectivity index (χ0n) is 19.0. The molecule has 1 aromatic rings. The second kappa shape index (κ2) is 8.01. The summed E-state index contributed by atoms with van der Waals surface area (Å²) in [5.74, 6) is 1.07. The summed E-state index contributed by atoms with van der Waals surface area (Å²) in [6, 6.07) is 8.26. The number of methoxy groups -OCH3 is 1. The highest BCUT2D eigenvalue weighted by Crippen LogP contribution is 2.52. The number of ether oxygens (including phenoxy) is 2. The molecule has 4 atom stereocenters. The van der Waals surface area contributed by atoms with Crippen molar-refractivity contribution in [3.05, 3.63) is 47.6 Å². The molecule has 0 aromatic heterocycles. The molecular weight excluding hydrogens is 388 g/mol. The lowest BCUT2D eigenvalue weighted by Crippen LogP contribution is -2.49. The van der Waals surface area contributed by atoms with Crippen LogP contribution in [0.5, 0.6) is 5.75 Å². The van der Waals surface area contributed by atoms with Crippen LogP contribution in [0.2, 0.25) is 0 Å². The van der Waals surface area contributed by atoms with Gasteiger partial charge < -0.3 is 14.4 Å². The summed E-state index contributed by atoms with van der Waals surface area (Å²) in [6.07, 6.45) is 8.08. The third-order valence-electron chi connectivity index (χ3n) is 7.94. The average molecular weight is 423 g/mol. The minimum atomic E-state index is -0.0415. The summed E-state index contributed by atoms with van der Waals surface area (Å²) >= 11 is 0. The molecule has 5 heteroatoms. The van der Waals surface area contributed by atoms with Crippen molar-refractivity contribution in [1.82, 2.24) is 4.90 Å². The van der Waals surface area contributed by atoms with Gasteiger partial charge in [-0.15, -0.1) is 0 Å². The first-order chi connectivity index (χ1) is 15.0. The van der Waals surface area contributed by atoms with Crippen LogP contribution in [0.1, 0.15) is 33.1 Å². The van der Waals surface area contributed by atoms with Gasteiger partial charge in [-0.1, -0.05) is 30.7 Å². The van der Waals surface area contributed by atoms with Crippen molar-refractivity contribution in [2.24, 2.45) is 17.3 Å². The maximum atomic E-state index is 12.8. The summed E-state index contributed by atoms with van der Waals surface area (Å²) in [6.45, 7) is 9.24. The number of fused-ring (bicyclic) bond motifs is 2. The largest absolute Gasteiger partial charge is 0.497 e. The van der Waals surface area contributed by atoms with E-state index in [1.54, 1.807) is 7.11 Å². The van der Waals surface area contributed by atoms with E-state index in [4.69, 9.17) is 9.47 Å². The van der Waals surface area contributed by atoms with Gasteiger partial charge in [-0.2, -0.15) is 0 Å². The number of piperazine rings is 1. The van der Waals surface area contributed by atoms with Gasteiger partial charge in [0.05, 0.1) is 13.0 Å². The van der Waals surface area contributed by atoms with Crippen molar-refractivity contribution in [3.8, 4) is 5.75 Å². The van der Waals surface area contributed by atoms with Gasteiger partial charge in [-0.05, 0) is 49.3 Å². The Kier molecular flexibility index (Phi) is 5.33. The predicted octanol–water partition coefficient (Wildman–Crippen LogP) is 4.05. The smallest absolute Gasteiger partial charge is 0.311 e. The Hall–Kier alpha value is -2.27. The van der Waals surface area contributed by atoms with Crippen molar-refractivity contribution in [2.75, 3.05) is 44.7 Å². The molecule has 0 saturated carbocycles. The van der Waals surface area contributed by atoms with Crippen LogP contribution in [-0.2, 0) is 9.53 Å². The van der Waals surface area contributed by atoms with Gasteiger partial charge in [0, 0.05) is 50.4 Å². The number of hydrogen-bond donors (Lipinski definition) is 0. The molecule has 0 radical (unpaired) electrons. The van der Waals surface area contributed by atoms with Crippen molar-refractivity contribution < 1.29 is 14.3 Å². The summed E-state index contributed by atoms with van der Waals surface area (Å²) in [4.78, 5) is 17.7. The number of esters is 1. The molecule has 0 spiro atoms. The van der Waals surface area contributed by atoms with Gasteiger partial charge in [-0.3, -0.25) is 9.69 Å². The van der Waals surface area contributed by atoms with Crippen molar-refractivity contribution in [3.63, 3.8) is 0 Å². The fraction of sp³-hybridized carbons (Fsp3) is 0.577. The van der Waals surface area contributed by atoms with Gasteiger partial charge in [0.15, 0.2) is 0 Å². The molecule has 4 aliphatic rings. The highest BCUT2D eigenvalue weighted by atomic mass is 16.6. The van der Waals surface area contributed by atoms with Crippen LogP contribution in [0, 0.1) is 17.3 Å². The Morgan fingerprint density at radius 3 is 2.81 bits per heavy atom. The van der Waals surface area contributed by atoms with Crippen LogP contribution < -0.4 is 9.64 Å². The van der Waals surface area contributed by atoms with Gasteiger partial charge in [0.25, 0.3) is 0 Å². The second-order valence-electron chi connectivity index (χ2n) is 9.92. The molecule has 2 heterocycles. The monoisotopic (exact) mass is 422 g/mol. The maximum Gasteiger partial charge on any atom is 0.311 e. The number of benzene rings is 1. The third kappa shape index (κ3) is 3.78. The third-order valence-corrected chi connectivity index (χ3v) is 7.94. The number of rotatable bonds is 4. The molecule has 5 rings (SSSR count). The van der Waals surface area contributed by atoms with Gasteiger partial charge in [0.2, 0.25) is 0 Å². The topological polar surface area (TPSA) is 42.0 Å². The molecule has 1 aromatic carbocycles. The van der Waals surface area contributed by atoms with Crippen LogP contribution in [0.15, 0.2) is 47.6 Å². The average Bonchev–Trinajstić information content (AvgIpc) is 3.06. The minimum Gasteiger partial charge on any atom is -0.497 e. The Labute approximate surface area is 185 Å². The SMILES string of the molecule is COc1cccc(N2CCN(CC3C(=O)O[C@@H]4C[C@@]5(C)CCC=C(C)C5=C[C@H]34)CC2)c1. The van der Waals surface area contributed by atoms with Crippen LogP contribution in [-0.4, -0.2) is 56.8 Å². The first-order valence-electron chi connectivity index (χ1n) is 11.7. The molecular formula is C26H34N2O3. The minimum absolute atomic E-state index is 0.00551. The van der Waals surface area contributed by atoms with E-state index in [0.29, 0.717) is 0 Å². The lowest BCUT2D eigenvalue weighted by molar-refractivity contribution is -0.145. The number of nitrogens with zero attached hydrogens (tertiary/aromatic N) is 2. The van der Waals surface area contributed by atoms with E-state index in [-0.39, 0.29) is 29.3 Å². The quantitative estimate of drug-likeness (QED) is 0.685. The number of hydrogen-bond acceptors (Lipinski definition) is 5. The van der Waals surface area contributed by atoms with Gasteiger partial charge >= 0.3 is 5.97 Å². The Morgan fingerprint density at radius 1 is 1.23 bits per heavy atom. The zero-order chi connectivity index (χ0) is 21.6. The summed E-state index contributed by atoms with van der Waals surface area (Å²) in [5, 5.41) is 0. The van der Waals surface area contributed by atoms with Gasteiger partial charge in [0.1, 0.15) is 11.9 Å². The summed E-state index contributed by atoms with van der Waals surface area (Å²) < 4.78 is 11.3. The molecule has 166 valence electrons. The highest BCUT2D eigenvalue weighted by Gasteiger charge is 2.51. The number of allylic oxidation sites excluding steroid dienone is 3. The molecule has 31 heavy (non-hydrogen) atoms. The molecule has 2 aliphatic heterocycles. The van der Waals surface area contributed by atoms with E-state index in [0.717, 1.165) is 57.7 Å². The fourth-order valence-electron chi connectivity index (χ4n) is 6.11. The molecule has 0 N–H and O–H groups in total. The Bertz CT molecular complexity index is 915. The van der Waals surface area contributed by atoms with Crippen LogP contribution in [0.3, 0.4) is 0 Å². The molecule has 2 fully saturated rings. The Balaban J connectivity index is 1.26. The van der Waals surface area contributed by atoms with Crippen molar-refractivity contribution in [1.29, 1.82) is 0 Å². The van der Waals surface area contributed by atoms with E-state index < -0.39 is 0 Å². The lowest BCUT2D eigenvalue weighted by Gasteiger charge is -2.43. The van der Waals surface area contributed by atoms with E-state index in [1.165, 1.54) is 16.8 Å². The fourth-order valence-corrected chi connectivity index (χ4v) is 6.11. The lowest BCUT2D eigenvalue weighted by atomic mass is 9.62. The summed E-state index contributed by atoms with van der Waals surface area (Å²) in [5.41, 5.74) is 4.23. The molecule has 0 amide bonds. The molecule has 1 unspecified atom stereocenters. The van der Waals surface area contributed by atoms with Crippen molar-refractivity contribution >= 4 is 11.7 Å². The van der Waals surface area contributed by atoms with E-state index >= 15 is 0 Å². The molecule has 2 aliphatic carbocycles. The second-order valence-corrected chi connectivity index (χ2v) is 9.92. The highest BCUT2D eigenvalue weighted by molar-refractivity contribution is 5.76. The van der Waals surface area contributed by atoms with Gasteiger partial charge in [-0.25, -0.2) is 0 Å². The predicted molar refractivity (Wildman–Crippen MR) is 122 cm³/mol. The normalized spacial score (nSPS) is 33.2. The first-order valence-corrected chi connectivity index (χ1v) is 11.7. The van der Waals surface area contributed by atoms with E-state index in [2.05, 4.69) is 47.9 Å².